The molecule has 0 amide bonds. The summed E-state index contributed by atoms with van der Waals surface area (Å²) in [5, 5.41) is 11.7. The Morgan fingerprint density at radius 3 is 2.44 bits per heavy atom. The van der Waals surface area contributed by atoms with E-state index in [1.54, 1.807) is 11.6 Å². The Hall–Kier alpha value is -2.04. The Morgan fingerprint density at radius 1 is 1.22 bits per heavy atom. The zero-order chi connectivity index (χ0) is 13.1. The van der Waals surface area contributed by atoms with E-state index >= 15 is 0 Å². The van der Waals surface area contributed by atoms with Gasteiger partial charge in [-0.05, 0) is 35.4 Å². The lowest BCUT2D eigenvalue weighted by Gasteiger charge is -2.16. The number of ketones is 1. The summed E-state index contributed by atoms with van der Waals surface area (Å²) < 4.78 is 1.63. The van der Waals surface area contributed by atoms with Gasteiger partial charge in [-0.1, -0.05) is 32.0 Å². The van der Waals surface area contributed by atoms with Crippen molar-refractivity contribution in [2.75, 3.05) is 0 Å². The van der Waals surface area contributed by atoms with Gasteiger partial charge in [-0.15, -0.1) is 5.10 Å². The van der Waals surface area contributed by atoms with Crippen molar-refractivity contribution in [2.24, 2.45) is 5.92 Å². The maximum Gasteiger partial charge on any atom is 0.167 e. The minimum Gasteiger partial charge on any atom is -0.299 e. The molecule has 18 heavy (non-hydrogen) atoms. The van der Waals surface area contributed by atoms with E-state index in [0.29, 0.717) is 5.82 Å². The number of hydrogen-bond donors (Lipinski definition) is 0. The van der Waals surface area contributed by atoms with Gasteiger partial charge >= 0.3 is 0 Å². The van der Waals surface area contributed by atoms with Crippen LogP contribution in [0.4, 0.5) is 0 Å². The van der Waals surface area contributed by atoms with Gasteiger partial charge in [0.1, 0.15) is 5.78 Å². The SMILES string of the molecule is CC(=O)C(c1nnnn1-c1ccccc1)C(C)C. The second-order valence-electron chi connectivity index (χ2n) is 4.62. The maximum absolute atomic E-state index is 11.8. The van der Waals surface area contributed by atoms with Crippen LogP contribution in [0.5, 0.6) is 0 Å². The minimum atomic E-state index is -0.278. The molecule has 0 aliphatic rings. The number of benzene rings is 1. The average Bonchev–Trinajstić information content (AvgIpc) is 2.78. The van der Waals surface area contributed by atoms with Crippen LogP contribution >= 0.6 is 0 Å². The Bertz CT molecular complexity index is 533. The van der Waals surface area contributed by atoms with Crippen LogP contribution in [0.15, 0.2) is 30.3 Å². The largest absolute Gasteiger partial charge is 0.299 e. The molecule has 0 bridgehead atoms. The molecule has 0 fully saturated rings. The molecule has 2 rings (SSSR count). The van der Waals surface area contributed by atoms with Gasteiger partial charge in [0.25, 0.3) is 0 Å². The zero-order valence-electron chi connectivity index (χ0n) is 10.7. The van der Waals surface area contributed by atoms with Crippen molar-refractivity contribution in [1.29, 1.82) is 0 Å². The molecule has 94 valence electrons. The van der Waals surface area contributed by atoms with Gasteiger partial charge in [0.2, 0.25) is 0 Å². The van der Waals surface area contributed by atoms with Gasteiger partial charge in [-0.2, -0.15) is 4.68 Å². The molecule has 5 heteroatoms. The van der Waals surface area contributed by atoms with Crippen molar-refractivity contribution in [3.05, 3.63) is 36.2 Å². The van der Waals surface area contributed by atoms with Crippen molar-refractivity contribution < 1.29 is 4.79 Å². The van der Waals surface area contributed by atoms with Crippen LogP contribution in [0.1, 0.15) is 32.5 Å². The molecule has 1 heterocycles. The van der Waals surface area contributed by atoms with Crippen LogP contribution in [0.2, 0.25) is 0 Å². The first-order valence-electron chi connectivity index (χ1n) is 5.95. The quantitative estimate of drug-likeness (QED) is 0.825. The molecule has 0 aliphatic heterocycles. The number of Topliss-reactive ketones (excluding diaryl/α,β-unsaturated/α-hetero) is 1. The molecular weight excluding hydrogens is 228 g/mol. The number of rotatable bonds is 4. The van der Waals surface area contributed by atoms with E-state index in [4.69, 9.17) is 0 Å². The molecule has 1 aromatic heterocycles. The Morgan fingerprint density at radius 2 is 1.89 bits per heavy atom. The highest BCUT2D eigenvalue weighted by atomic mass is 16.1. The lowest BCUT2D eigenvalue weighted by atomic mass is 9.91. The van der Waals surface area contributed by atoms with Gasteiger partial charge in [-0.3, -0.25) is 4.79 Å². The number of nitrogens with zero attached hydrogens (tertiary/aromatic N) is 4. The molecule has 0 N–H and O–H groups in total. The van der Waals surface area contributed by atoms with Gasteiger partial charge in [-0.25, -0.2) is 0 Å². The summed E-state index contributed by atoms with van der Waals surface area (Å²) in [4.78, 5) is 11.8. The minimum absolute atomic E-state index is 0.0805. The summed E-state index contributed by atoms with van der Waals surface area (Å²) >= 11 is 0. The number of aromatic nitrogens is 4. The number of hydrogen-bond acceptors (Lipinski definition) is 4. The highest BCUT2D eigenvalue weighted by Gasteiger charge is 2.27. The molecule has 1 atom stereocenters. The normalized spacial score (nSPS) is 12.7. The summed E-state index contributed by atoms with van der Waals surface area (Å²) in [6, 6.07) is 9.59. The van der Waals surface area contributed by atoms with E-state index in [9.17, 15) is 4.79 Å². The predicted molar refractivity (Wildman–Crippen MR) is 67.4 cm³/mol. The van der Waals surface area contributed by atoms with E-state index in [1.165, 1.54) is 0 Å². The number of tetrazole rings is 1. The van der Waals surface area contributed by atoms with Crippen LogP contribution in [0.25, 0.3) is 5.69 Å². The van der Waals surface area contributed by atoms with Crippen LogP contribution in [-0.4, -0.2) is 26.0 Å². The smallest absolute Gasteiger partial charge is 0.167 e. The molecular formula is C13H16N4O. The fourth-order valence-electron chi connectivity index (χ4n) is 2.09. The molecule has 1 aromatic carbocycles. The van der Waals surface area contributed by atoms with E-state index in [0.717, 1.165) is 5.69 Å². The molecule has 0 saturated heterocycles. The second kappa shape index (κ2) is 5.08. The summed E-state index contributed by atoms with van der Waals surface area (Å²) in [5.74, 6) is 0.567. The first-order valence-corrected chi connectivity index (χ1v) is 5.95. The third kappa shape index (κ3) is 2.30. The molecule has 0 aliphatic carbocycles. The van der Waals surface area contributed by atoms with Crippen molar-refractivity contribution >= 4 is 5.78 Å². The van der Waals surface area contributed by atoms with Gasteiger partial charge < -0.3 is 0 Å². The Labute approximate surface area is 106 Å². The van der Waals surface area contributed by atoms with Crippen LogP contribution in [0.3, 0.4) is 0 Å². The van der Waals surface area contributed by atoms with Crippen LogP contribution in [0, 0.1) is 5.92 Å². The first-order chi connectivity index (χ1) is 8.61. The van der Waals surface area contributed by atoms with E-state index in [-0.39, 0.29) is 17.6 Å². The summed E-state index contributed by atoms with van der Waals surface area (Å²) in [5.41, 5.74) is 0.865. The van der Waals surface area contributed by atoms with Crippen molar-refractivity contribution in [2.45, 2.75) is 26.7 Å². The summed E-state index contributed by atoms with van der Waals surface area (Å²) in [6.07, 6.45) is 0. The third-order valence-corrected chi connectivity index (χ3v) is 2.88. The highest BCUT2D eigenvalue weighted by molar-refractivity contribution is 5.82. The topological polar surface area (TPSA) is 60.7 Å². The van der Waals surface area contributed by atoms with Gasteiger partial charge in [0, 0.05) is 0 Å². The lowest BCUT2D eigenvalue weighted by molar-refractivity contribution is -0.119. The fraction of sp³-hybridized carbons (Fsp3) is 0.385. The monoisotopic (exact) mass is 244 g/mol. The number of carbonyl (C=O) groups is 1. The van der Waals surface area contributed by atoms with Crippen molar-refractivity contribution in [3.8, 4) is 5.69 Å². The van der Waals surface area contributed by atoms with E-state index in [1.807, 2.05) is 44.2 Å². The molecule has 0 spiro atoms. The standard InChI is InChI=1S/C13H16N4O/c1-9(2)12(10(3)18)13-14-15-16-17(13)11-7-5-4-6-8-11/h4-9,12H,1-3H3. The van der Waals surface area contributed by atoms with E-state index < -0.39 is 0 Å². The Balaban J connectivity index is 2.47. The van der Waals surface area contributed by atoms with Gasteiger partial charge in [0.15, 0.2) is 5.82 Å². The highest BCUT2D eigenvalue weighted by Crippen LogP contribution is 2.24. The second-order valence-corrected chi connectivity index (χ2v) is 4.62. The third-order valence-electron chi connectivity index (χ3n) is 2.88. The van der Waals surface area contributed by atoms with E-state index in [2.05, 4.69) is 15.5 Å². The maximum atomic E-state index is 11.8. The predicted octanol–water partition coefficient (Wildman–Crippen LogP) is 1.99. The number of para-hydroxylation sites is 1. The average molecular weight is 244 g/mol. The van der Waals surface area contributed by atoms with Crippen LogP contribution < -0.4 is 0 Å². The summed E-state index contributed by atoms with van der Waals surface area (Å²) in [6.45, 7) is 5.57. The first kappa shape index (κ1) is 12.4. The van der Waals surface area contributed by atoms with Crippen molar-refractivity contribution in [3.63, 3.8) is 0 Å². The number of carbonyl (C=O) groups excluding carboxylic acids is 1. The zero-order valence-corrected chi connectivity index (χ0v) is 10.7. The summed E-state index contributed by atoms with van der Waals surface area (Å²) in [7, 11) is 0. The molecule has 5 nitrogen and oxygen atoms in total. The molecule has 0 radical (unpaired) electrons. The fourth-order valence-corrected chi connectivity index (χ4v) is 2.09. The molecule has 1 unspecified atom stereocenters. The lowest BCUT2D eigenvalue weighted by Crippen LogP contribution is -2.20. The van der Waals surface area contributed by atoms with Crippen molar-refractivity contribution in [1.82, 2.24) is 20.2 Å². The molecule has 2 aromatic rings. The Kier molecular flexibility index (Phi) is 3.50. The molecule has 0 saturated carbocycles. The van der Waals surface area contributed by atoms with Crippen LogP contribution in [-0.2, 0) is 4.79 Å². The van der Waals surface area contributed by atoms with Gasteiger partial charge in [0.05, 0.1) is 11.6 Å².